The molecule has 148 valence electrons. The molecule has 1 aromatic rings. The molecule has 0 spiro atoms. The minimum absolute atomic E-state index is 0.240. The fraction of sp³-hybridized carbons (Fsp3) is 0.500. The summed E-state index contributed by atoms with van der Waals surface area (Å²) in [6.45, 7) is 3.00. The van der Waals surface area contributed by atoms with E-state index in [1.165, 1.54) is 0 Å². The maximum atomic E-state index is 12.0. The minimum Gasteiger partial charge on any atom is -0.726 e. The number of carbonyl (C=O) groups is 2. The van der Waals surface area contributed by atoms with Crippen LogP contribution in [0.2, 0.25) is 0 Å². The third kappa shape index (κ3) is 10.8. The fourth-order valence-electron chi connectivity index (χ4n) is 1.54. The van der Waals surface area contributed by atoms with Crippen LogP contribution in [0.15, 0.2) is 24.3 Å². The third-order valence-corrected chi connectivity index (χ3v) is 3.25. The number of likely N-dealkylation sites (N-methyl/N-ethyl adjacent to an activating group) is 1. The predicted molar refractivity (Wildman–Crippen MR) is 92.3 cm³/mol. The lowest BCUT2D eigenvalue weighted by Gasteiger charge is -2.23. The van der Waals surface area contributed by atoms with Crippen LogP contribution in [0.4, 0.5) is 0 Å². The first-order chi connectivity index (χ1) is 11.9. The number of benzene rings is 1. The maximum Gasteiger partial charge on any atom is 0.339 e. The molecule has 0 saturated heterocycles. The smallest absolute Gasteiger partial charge is 0.339 e. The minimum atomic E-state index is -4.41. The molecule has 0 fully saturated rings. The van der Waals surface area contributed by atoms with E-state index >= 15 is 0 Å². The van der Waals surface area contributed by atoms with Gasteiger partial charge in [0.25, 0.3) is 0 Å². The highest BCUT2D eigenvalue weighted by Gasteiger charge is 2.19. The molecule has 0 aliphatic carbocycles. The molecule has 0 atom stereocenters. The van der Waals surface area contributed by atoms with Crippen molar-refractivity contribution in [2.45, 2.75) is 6.92 Å². The summed E-state index contributed by atoms with van der Waals surface area (Å²) in [4.78, 5) is 23.8. The van der Waals surface area contributed by atoms with Gasteiger partial charge >= 0.3 is 11.9 Å². The SMILES string of the molecule is CCOC(=O)c1ccccc1C(=O)OCC[N+](C)(C)C.COS(=O)(=O)[O-]. The number of quaternary nitrogens is 1. The van der Waals surface area contributed by atoms with Gasteiger partial charge in [0.2, 0.25) is 10.4 Å². The highest BCUT2D eigenvalue weighted by molar-refractivity contribution is 7.80. The van der Waals surface area contributed by atoms with Crippen LogP contribution in [0, 0.1) is 0 Å². The second-order valence-electron chi connectivity index (χ2n) is 5.99. The molecule has 0 radical (unpaired) electrons. The van der Waals surface area contributed by atoms with Gasteiger partial charge in [0.1, 0.15) is 13.2 Å². The van der Waals surface area contributed by atoms with Crippen molar-refractivity contribution in [2.24, 2.45) is 0 Å². The molecular formula is C16H25NO8S. The lowest BCUT2D eigenvalue weighted by molar-refractivity contribution is -0.870. The molecule has 0 saturated carbocycles. The van der Waals surface area contributed by atoms with E-state index in [1.807, 2.05) is 21.1 Å². The molecule has 9 nitrogen and oxygen atoms in total. The maximum absolute atomic E-state index is 12.0. The average molecular weight is 391 g/mol. The van der Waals surface area contributed by atoms with Crippen LogP contribution >= 0.6 is 0 Å². The van der Waals surface area contributed by atoms with Crippen molar-refractivity contribution in [3.8, 4) is 0 Å². The zero-order valence-electron chi connectivity index (χ0n) is 15.6. The van der Waals surface area contributed by atoms with Crippen molar-refractivity contribution in [2.75, 3.05) is 48.0 Å². The molecule has 0 N–H and O–H groups in total. The third-order valence-electron chi connectivity index (χ3n) is 2.84. The number of rotatable bonds is 7. The van der Waals surface area contributed by atoms with Gasteiger partial charge in [-0.25, -0.2) is 18.0 Å². The van der Waals surface area contributed by atoms with Crippen molar-refractivity contribution < 1.29 is 40.7 Å². The summed E-state index contributed by atoms with van der Waals surface area (Å²) >= 11 is 0. The summed E-state index contributed by atoms with van der Waals surface area (Å²) in [5, 5.41) is 0. The van der Waals surface area contributed by atoms with Gasteiger partial charge in [-0.1, -0.05) is 12.1 Å². The standard InChI is InChI=1S/C15H22NO4.CH4O4S/c1-5-19-14(17)12-8-6-7-9-13(12)15(18)20-11-10-16(2,3)4;1-5-6(2,3)4/h6-9H,5,10-11H2,1-4H3;1H3,(H,2,3,4)/q+1;/p-1. The zero-order chi connectivity index (χ0) is 20.4. The quantitative estimate of drug-likeness (QED) is 0.290. The highest BCUT2D eigenvalue weighted by Crippen LogP contribution is 2.12. The molecule has 26 heavy (non-hydrogen) atoms. The van der Waals surface area contributed by atoms with Crippen molar-refractivity contribution in [1.29, 1.82) is 0 Å². The first-order valence-electron chi connectivity index (χ1n) is 7.66. The molecule has 1 rings (SSSR count). The molecule has 0 heterocycles. The van der Waals surface area contributed by atoms with Gasteiger partial charge in [-0.3, -0.25) is 4.18 Å². The van der Waals surface area contributed by atoms with Crippen molar-refractivity contribution in [1.82, 2.24) is 0 Å². The summed E-state index contributed by atoms with van der Waals surface area (Å²) in [5.41, 5.74) is 0.483. The lowest BCUT2D eigenvalue weighted by atomic mass is 10.1. The molecule has 1 aromatic carbocycles. The number of hydrogen-bond acceptors (Lipinski definition) is 8. The van der Waals surface area contributed by atoms with Crippen LogP contribution < -0.4 is 0 Å². The first kappa shape index (κ1) is 24.0. The summed E-state index contributed by atoms with van der Waals surface area (Å²) in [6.07, 6.45) is 0. The largest absolute Gasteiger partial charge is 0.726 e. The normalized spacial score (nSPS) is 11.2. The summed E-state index contributed by atoms with van der Waals surface area (Å²) < 4.78 is 41.9. The monoisotopic (exact) mass is 391 g/mol. The molecule has 0 aliphatic rings. The van der Waals surface area contributed by atoms with E-state index in [0.29, 0.717) is 17.6 Å². The summed E-state index contributed by atoms with van der Waals surface area (Å²) in [5.74, 6) is -1.01. The molecular weight excluding hydrogens is 366 g/mol. The van der Waals surface area contributed by atoms with Crippen LogP contribution in [-0.2, 0) is 24.1 Å². The molecule has 0 amide bonds. The second kappa shape index (κ2) is 10.9. The Balaban J connectivity index is 0.000000896. The van der Waals surface area contributed by atoms with E-state index < -0.39 is 22.3 Å². The van der Waals surface area contributed by atoms with E-state index in [9.17, 15) is 22.6 Å². The number of esters is 2. The Morgan fingerprint density at radius 3 is 1.81 bits per heavy atom. The Bertz CT molecular complexity index is 694. The Kier molecular flexibility index (Phi) is 10.0. The summed E-state index contributed by atoms with van der Waals surface area (Å²) in [7, 11) is 2.44. The van der Waals surface area contributed by atoms with Crippen molar-refractivity contribution in [3.05, 3.63) is 35.4 Å². The Labute approximate surface area is 154 Å². The van der Waals surface area contributed by atoms with Gasteiger partial charge in [0.05, 0.1) is 46.0 Å². The van der Waals surface area contributed by atoms with E-state index in [2.05, 4.69) is 4.18 Å². The Morgan fingerprint density at radius 1 is 1.04 bits per heavy atom. The van der Waals surface area contributed by atoms with Gasteiger partial charge < -0.3 is 18.5 Å². The van der Waals surface area contributed by atoms with Crippen LogP contribution in [0.5, 0.6) is 0 Å². The van der Waals surface area contributed by atoms with Crippen LogP contribution in [0.3, 0.4) is 0 Å². The van der Waals surface area contributed by atoms with Gasteiger partial charge in [-0.2, -0.15) is 0 Å². The Hall–Kier alpha value is -2.01. The van der Waals surface area contributed by atoms with Gasteiger partial charge in [0.15, 0.2) is 0 Å². The lowest BCUT2D eigenvalue weighted by Crippen LogP contribution is -2.38. The van der Waals surface area contributed by atoms with Gasteiger partial charge in [-0.05, 0) is 19.1 Å². The van der Waals surface area contributed by atoms with Gasteiger partial charge in [0, 0.05) is 0 Å². The van der Waals surface area contributed by atoms with E-state index in [0.717, 1.165) is 7.11 Å². The van der Waals surface area contributed by atoms with E-state index in [4.69, 9.17) is 9.47 Å². The number of carbonyl (C=O) groups excluding carboxylic acids is 2. The summed E-state index contributed by atoms with van der Waals surface area (Å²) in [6, 6.07) is 6.52. The van der Waals surface area contributed by atoms with Gasteiger partial charge in [-0.15, -0.1) is 0 Å². The predicted octanol–water partition coefficient (Wildman–Crippen LogP) is 0.819. The Morgan fingerprint density at radius 2 is 1.46 bits per heavy atom. The number of nitrogens with zero attached hydrogens (tertiary/aromatic N) is 1. The molecule has 0 unspecified atom stereocenters. The fourth-order valence-corrected chi connectivity index (χ4v) is 1.54. The topological polar surface area (TPSA) is 119 Å². The van der Waals surface area contributed by atoms with E-state index in [-0.39, 0.29) is 17.7 Å². The van der Waals surface area contributed by atoms with Crippen LogP contribution in [0.1, 0.15) is 27.6 Å². The number of ether oxygens (including phenoxy) is 2. The zero-order valence-corrected chi connectivity index (χ0v) is 16.4. The molecule has 0 bridgehead atoms. The van der Waals surface area contributed by atoms with Crippen molar-refractivity contribution >= 4 is 22.3 Å². The van der Waals surface area contributed by atoms with Crippen molar-refractivity contribution in [3.63, 3.8) is 0 Å². The first-order valence-corrected chi connectivity index (χ1v) is 8.99. The second-order valence-corrected chi connectivity index (χ2v) is 7.14. The molecule has 0 aromatic heterocycles. The van der Waals surface area contributed by atoms with Crippen LogP contribution in [0.25, 0.3) is 0 Å². The highest BCUT2D eigenvalue weighted by atomic mass is 32.3. The molecule has 0 aliphatic heterocycles. The van der Waals surface area contributed by atoms with Crippen LogP contribution in [-0.4, -0.2) is 77.4 Å². The average Bonchev–Trinajstić information content (AvgIpc) is 2.53. The molecule has 10 heteroatoms. The number of hydrogen-bond donors (Lipinski definition) is 0. The van der Waals surface area contributed by atoms with E-state index in [1.54, 1.807) is 31.2 Å².